The second-order valence-corrected chi connectivity index (χ2v) is 8.21. The highest BCUT2D eigenvalue weighted by Crippen LogP contribution is 2.30. The second kappa shape index (κ2) is 7.98. The van der Waals surface area contributed by atoms with Crippen molar-refractivity contribution in [3.8, 4) is 5.75 Å². The Morgan fingerprint density at radius 2 is 1.87 bits per heavy atom. The van der Waals surface area contributed by atoms with Gasteiger partial charge in [0.05, 0.1) is 30.3 Å². The molecule has 7 heteroatoms. The standard InChI is InChI=1S/C24H27N5O2/c1-31-18-8-5-16(6-9-18)14-29-15-21(30)22(23(29)25)24-26-19-10-7-17(13-20(19)27-24)28-11-3-2-4-12-28/h5-10,13,25,30H,2-4,11-12,14-15H2,1H3,(H,26,27). The van der Waals surface area contributed by atoms with Crippen LogP contribution in [0.15, 0.2) is 48.2 Å². The first kappa shape index (κ1) is 19.5. The van der Waals surface area contributed by atoms with Gasteiger partial charge in [0.2, 0.25) is 0 Å². The molecule has 0 aliphatic carbocycles. The molecule has 0 radical (unpaired) electrons. The summed E-state index contributed by atoms with van der Waals surface area (Å²) in [6, 6.07) is 14.0. The number of aromatic nitrogens is 2. The van der Waals surface area contributed by atoms with Crippen molar-refractivity contribution < 1.29 is 9.84 Å². The molecule has 0 bridgehead atoms. The summed E-state index contributed by atoms with van der Waals surface area (Å²) < 4.78 is 5.21. The lowest BCUT2D eigenvalue weighted by atomic mass is 10.1. The number of amidine groups is 1. The van der Waals surface area contributed by atoms with Gasteiger partial charge in [0, 0.05) is 25.3 Å². The van der Waals surface area contributed by atoms with E-state index in [1.54, 1.807) is 7.11 Å². The number of rotatable bonds is 5. The van der Waals surface area contributed by atoms with Gasteiger partial charge in [-0.25, -0.2) is 4.98 Å². The Labute approximate surface area is 181 Å². The number of hydrogen-bond acceptors (Lipinski definition) is 5. The van der Waals surface area contributed by atoms with Crippen LogP contribution in [0.1, 0.15) is 30.7 Å². The van der Waals surface area contributed by atoms with Crippen molar-refractivity contribution in [1.82, 2.24) is 14.9 Å². The van der Waals surface area contributed by atoms with E-state index < -0.39 is 0 Å². The van der Waals surface area contributed by atoms with Gasteiger partial charge in [-0.3, -0.25) is 5.41 Å². The van der Waals surface area contributed by atoms with Gasteiger partial charge in [0.15, 0.2) is 0 Å². The lowest BCUT2D eigenvalue weighted by Crippen LogP contribution is -2.29. The normalized spacial score (nSPS) is 17.1. The fourth-order valence-electron chi connectivity index (χ4n) is 4.43. The number of nitrogens with zero attached hydrogens (tertiary/aromatic N) is 3. The van der Waals surface area contributed by atoms with Gasteiger partial charge in [-0.2, -0.15) is 0 Å². The van der Waals surface area contributed by atoms with E-state index in [2.05, 4.69) is 27.0 Å². The van der Waals surface area contributed by atoms with Crippen molar-refractivity contribution in [2.45, 2.75) is 25.8 Å². The Hall–Kier alpha value is -3.48. The minimum absolute atomic E-state index is 0.175. The molecular formula is C24H27N5O2. The van der Waals surface area contributed by atoms with Crippen LogP contribution in [-0.4, -0.2) is 52.6 Å². The van der Waals surface area contributed by atoms with Crippen LogP contribution in [0.2, 0.25) is 0 Å². The predicted octanol–water partition coefficient (Wildman–Crippen LogP) is 4.32. The summed E-state index contributed by atoms with van der Waals surface area (Å²) in [5.41, 5.74) is 4.50. The zero-order chi connectivity index (χ0) is 21.4. The highest BCUT2D eigenvalue weighted by molar-refractivity contribution is 6.23. The zero-order valence-corrected chi connectivity index (χ0v) is 17.7. The predicted molar refractivity (Wildman–Crippen MR) is 123 cm³/mol. The number of piperidine rings is 1. The van der Waals surface area contributed by atoms with Crippen LogP contribution in [0.3, 0.4) is 0 Å². The monoisotopic (exact) mass is 417 g/mol. The summed E-state index contributed by atoms with van der Waals surface area (Å²) in [5.74, 6) is 1.80. The summed E-state index contributed by atoms with van der Waals surface area (Å²) in [4.78, 5) is 12.3. The van der Waals surface area contributed by atoms with E-state index in [1.807, 2.05) is 35.2 Å². The third-order valence-corrected chi connectivity index (χ3v) is 6.14. The van der Waals surface area contributed by atoms with Gasteiger partial charge in [-0.05, 0) is 55.2 Å². The number of methoxy groups -OCH3 is 1. The van der Waals surface area contributed by atoms with Gasteiger partial charge in [-0.15, -0.1) is 0 Å². The highest BCUT2D eigenvalue weighted by atomic mass is 16.5. The maximum Gasteiger partial charge on any atom is 0.145 e. The van der Waals surface area contributed by atoms with Gasteiger partial charge < -0.3 is 24.6 Å². The van der Waals surface area contributed by atoms with Crippen LogP contribution < -0.4 is 9.64 Å². The maximum atomic E-state index is 10.6. The number of imidazole rings is 1. The molecule has 0 spiro atoms. The third kappa shape index (κ3) is 3.71. The second-order valence-electron chi connectivity index (χ2n) is 8.21. The molecule has 0 amide bonds. The third-order valence-electron chi connectivity index (χ3n) is 6.14. The van der Waals surface area contributed by atoms with E-state index in [-0.39, 0.29) is 11.6 Å². The molecular weight excluding hydrogens is 390 g/mol. The number of aromatic amines is 1. The van der Waals surface area contributed by atoms with Crippen LogP contribution in [0.25, 0.3) is 16.6 Å². The SMILES string of the molecule is COc1ccc(CN2CC(O)=C(c3nc4ccc(N5CCCCC5)cc4[nH]3)C2=N)cc1. The first-order valence-electron chi connectivity index (χ1n) is 10.8. The molecule has 2 aliphatic heterocycles. The summed E-state index contributed by atoms with van der Waals surface area (Å²) in [7, 11) is 1.64. The average molecular weight is 418 g/mol. The number of ether oxygens (including phenoxy) is 1. The number of aliphatic hydroxyl groups excluding tert-OH is 1. The first-order chi connectivity index (χ1) is 15.1. The Bertz CT molecular complexity index is 1140. The smallest absolute Gasteiger partial charge is 0.145 e. The van der Waals surface area contributed by atoms with Crippen LogP contribution in [0.4, 0.5) is 5.69 Å². The summed E-state index contributed by atoms with van der Waals surface area (Å²) in [5, 5.41) is 19.3. The summed E-state index contributed by atoms with van der Waals surface area (Å²) in [6.07, 6.45) is 3.76. The molecule has 3 N–H and O–H groups in total. The summed E-state index contributed by atoms with van der Waals surface area (Å²) >= 11 is 0. The minimum atomic E-state index is 0.175. The molecule has 1 aromatic heterocycles. The molecule has 2 aromatic carbocycles. The van der Waals surface area contributed by atoms with Crippen molar-refractivity contribution in [2.75, 3.05) is 31.6 Å². The van der Waals surface area contributed by atoms with Crippen LogP contribution in [0.5, 0.6) is 5.75 Å². The van der Waals surface area contributed by atoms with Crippen molar-refractivity contribution in [3.05, 3.63) is 59.6 Å². The molecule has 1 saturated heterocycles. The number of anilines is 1. The van der Waals surface area contributed by atoms with E-state index in [0.717, 1.165) is 35.4 Å². The zero-order valence-electron chi connectivity index (χ0n) is 17.7. The number of benzene rings is 2. The molecule has 1 fully saturated rings. The molecule has 31 heavy (non-hydrogen) atoms. The number of fused-ring (bicyclic) bond motifs is 1. The molecule has 0 unspecified atom stereocenters. The Kier molecular flexibility index (Phi) is 5.02. The molecule has 7 nitrogen and oxygen atoms in total. The van der Waals surface area contributed by atoms with Gasteiger partial charge in [0.25, 0.3) is 0 Å². The van der Waals surface area contributed by atoms with Crippen molar-refractivity contribution in [3.63, 3.8) is 0 Å². The number of nitrogens with one attached hydrogen (secondary N) is 2. The van der Waals surface area contributed by atoms with E-state index in [9.17, 15) is 5.11 Å². The Balaban J connectivity index is 1.37. The molecule has 3 aromatic rings. The fourth-order valence-corrected chi connectivity index (χ4v) is 4.43. The van der Waals surface area contributed by atoms with Crippen molar-refractivity contribution >= 4 is 28.1 Å². The lowest BCUT2D eigenvalue weighted by Gasteiger charge is -2.28. The topological polar surface area (TPSA) is 88.5 Å². The molecule has 3 heterocycles. The number of H-pyrrole nitrogens is 1. The van der Waals surface area contributed by atoms with E-state index in [0.29, 0.717) is 24.5 Å². The van der Waals surface area contributed by atoms with Crippen LogP contribution in [0, 0.1) is 5.41 Å². The Morgan fingerprint density at radius 1 is 1.10 bits per heavy atom. The van der Waals surface area contributed by atoms with E-state index >= 15 is 0 Å². The fraction of sp³-hybridized carbons (Fsp3) is 0.333. The maximum absolute atomic E-state index is 10.6. The first-order valence-corrected chi connectivity index (χ1v) is 10.8. The van der Waals surface area contributed by atoms with Crippen LogP contribution in [-0.2, 0) is 6.54 Å². The lowest BCUT2D eigenvalue weighted by molar-refractivity contribution is 0.346. The van der Waals surface area contributed by atoms with E-state index in [4.69, 9.17) is 10.1 Å². The molecule has 0 atom stereocenters. The molecule has 0 saturated carbocycles. The van der Waals surface area contributed by atoms with E-state index in [1.165, 1.54) is 24.9 Å². The average Bonchev–Trinajstić information content (AvgIpc) is 3.34. The quantitative estimate of drug-likeness (QED) is 0.575. The van der Waals surface area contributed by atoms with Gasteiger partial charge in [-0.1, -0.05) is 12.1 Å². The number of aliphatic hydroxyl groups is 1. The molecule has 5 rings (SSSR count). The molecule has 2 aliphatic rings. The number of hydrogen-bond donors (Lipinski definition) is 3. The Morgan fingerprint density at radius 3 is 2.61 bits per heavy atom. The molecule has 160 valence electrons. The van der Waals surface area contributed by atoms with Gasteiger partial charge in [0.1, 0.15) is 23.2 Å². The van der Waals surface area contributed by atoms with Crippen molar-refractivity contribution in [2.24, 2.45) is 0 Å². The summed E-state index contributed by atoms with van der Waals surface area (Å²) in [6.45, 7) is 3.01. The van der Waals surface area contributed by atoms with Gasteiger partial charge >= 0.3 is 0 Å². The minimum Gasteiger partial charge on any atom is -0.510 e. The largest absolute Gasteiger partial charge is 0.510 e. The van der Waals surface area contributed by atoms with Crippen molar-refractivity contribution in [1.29, 1.82) is 5.41 Å². The highest BCUT2D eigenvalue weighted by Gasteiger charge is 2.30. The van der Waals surface area contributed by atoms with Crippen LogP contribution >= 0.6 is 0 Å².